The van der Waals surface area contributed by atoms with Crippen LogP contribution in [-0.2, 0) is 0 Å². The van der Waals surface area contributed by atoms with Gasteiger partial charge in [-0.25, -0.2) is 0 Å². The third kappa shape index (κ3) is 1.50. The highest BCUT2D eigenvalue weighted by atomic mass is 15.5. The highest BCUT2D eigenvalue weighted by Gasteiger charge is 2.33. The summed E-state index contributed by atoms with van der Waals surface area (Å²) in [6.45, 7) is 4.79. The van der Waals surface area contributed by atoms with Crippen molar-refractivity contribution >= 4 is 0 Å². The van der Waals surface area contributed by atoms with Gasteiger partial charge in [-0.2, -0.15) is 0 Å². The van der Waals surface area contributed by atoms with Gasteiger partial charge in [-0.05, 0) is 13.5 Å². The van der Waals surface area contributed by atoms with Gasteiger partial charge < -0.3 is 4.48 Å². The van der Waals surface area contributed by atoms with E-state index < -0.39 is 0 Å². The topological polar surface area (TPSA) is 3.24 Å². The zero-order chi connectivity index (χ0) is 7.78. The number of rotatable bonds is 1. The molecule has 0 aliphatic carbocycles. The van der Waals surface area contributed by atoms with Crippen molar-refractivity contribution < 1.29 is 4.48 Å². The molecule has 1 aliphatic heterocycles. The first kappa shape index (κ1) is 8.02. The Kier molecular flexibility index (Phi) is 2.02. The fraction of sp³-hybridized carbons (Fsp3) is 1.00. The summed E-state index contributed by atoms with van der Waals surface area (Å²) in [6, 6.07) is 0.815. The van der Waals surface area contributed by atoms with E-state index in [1.807, 2.05) is 0 Å². The van der Waals surface area contributed by atoms with E-state index in [1.165, 1.54) is 19.6 Å². The molecule has 1 atom stereocenters. The predicted molar refractivity (Wildman–Crippen MR) is 43.7 cm³/mol. The molecule has 1 aliphatic rings. The van der Waals surface area contributed by atoms with Gasteiger partial charge in [0.15, 0.2) is 0 Å². The number of hydrogen-bond acceptors (Lipinski definition) is 1. The van der Waals surface area contributed by atoms with Crippen LogP contribution in [-0.4, -0.2) is 49.8 Å². The molecular weight excluding hydrogens is 124 g/mol. The lowest BCUT2D eigenvalue weighted by atomic mass is 10.2. The molecule has 1 saturated heterocycles. The lowest BCUT2D eigenvalue weighted by Crippen LogP contribution is -2.37. The molecule has 0 aromatic carbocycles. The van der Waals surface area contributed by atoms with Crippen LogP contribution in [0.2, 0.25) is 0 Å². The maximum atomic E-state index is 2.46. The average molecular weight is 143 g/mol. The molecule has 1 heterocycles. The van der Waals surface area contributed by atoms with Crippen LogP contribution in [0.15, 0.2) is 0 Å². The summed E-state index contributed by atoms with van der Waals surface area (Å²) in [4.78, 5) is 2.46. The van der Waals surface area contributed by atoms with E-state index in [0.29, 0.717) is 0 Å². The van der Waals surface area contributed by atoms with Crippen molar-refractivity contribution in [3.8, 4) is 0 Å². The molecular formula is C8H19N2+. The van der Waals surface area contributed by atoms with Crippen molar-refractivity contribution in [3.05, 3.63) is 0 Å². The molecule has 0 aromatic heterocycles. The summed E-state index contributed by atoms with van der Waals surface area (Å²) >= 11 is 0. The lowest BCUT2D eigenvalue weighted by Gasteiger charge is -2.22. The van der Waals surface area contributed by atoms with Gasteiger partial charge in [0, 0.05) is 0 Å². The van der Waals surface area contributed by atoms with Gasteiger partial charge >= 0.3 is 0 Å². The second-order valence-electron chi connectivity index (χ2n) is 4.08. The normalized spacial score (nSPS) is 33.0. The Hall–Kier alpha value is -0.0800. The molecule has 0 bridgehead atoms. The number of nitrogens with zero attached hydrogens (tertiary/aromatic N) is 2. The average Bonchev–Trinajstić information content (AvgIpc) is 2.05. The van der Waals surface area contributed by atoms with Gasteiger partial charge in [0.25, 0.3) is 0 Å². The van der Waals surface area contributed by atoms with Crippen LogP contribution in [0, 0.1) is 0 Å². The van der Waals surface area contributed by atoms with E-state index >= 15 is 0 Å². The molecule has 1 rings (SSSR count). The third-order valence-electron chi connectivity index (χ3n) is 2.41. The monoisotopic (exact) mass is 143 g/mol. The van der Waals surface area contributed by atoms with Gasteiger partial charge in [0.1, 0.15) is 6.67 Å². The summed E-state index contributed by atoms with van der Waals surface area (Å²) in [7, 11) is 6.82. The Morgan fingerprint density at radius 1 is 1.50 bits per heavy atom. The van der Waals surface area contributed by atoms with Crippen LogP contribution in [0.1, 0.15) is 13.3 Å². The fourth-order valence-electron chi connectivity index (χ4n) is 1.93. The predicted octanol–water partition coefficient (Wildman–Crippen LogP) is 0.744. The van der Waals surface area contributed by atoms with E-state index in [9.17, 15) is 0 Å². The van der Waals surface area contributed by atoms with Crippen LogP contribution < -0.4 is 0 Å². The lowest BCUT2D eigenvalue weighted by molar-refractivity contribution is -0.882. The van der Waals surface area contributed by atoms with E-state index in [-0.39, 0.29) is 0 Å². The maximum Gasteiger partial charge on any atom is 0.134 e. The van der Waals surface area contributed by atoms with Gasteiger partial charge in [0.05, 0.1) is 26.7 Å². The molecule has 0 saturated carbocycles. The number of likely N-dealkylation sites (N-methyl/N-ethyl adjacent to an activating group) is 2. The Labute approximate surface area is 64.0 Å². The van der Waals surface area contributed by atoms with Crippen LogP contribution in [0.4, 0.5) is 0 Å². The largest absolute Gasteiger partial charge is 0.315 e. The molecule has 0 N–H and O–H groups in total. The SMILES string of the molecule is CCC1C[N+](C)(C)CN1C. The van der Waals surface area contributed by atoms with Crippen molar-refractivity contribution in [2.45, 2.75) is 19.4 Å². The maximum absolute atomic E-state index is 2.46. The molecule has 2 nitrogen and oxygen atoms in total. The van der Waals surface area contributed by atoms with E-state index in [4.69, 9.17) is 0 Å². The van der Waals surface area contributed by atoms with Crippen LogP contribution in [0.5, 0.6) is 0 Å². The molecule has 0 spiro atoms. The Balaban J connectivity index is 2.52. The zero-order valence-electron chi connectivity index (χ0n) is 7.59. The standard InChI is InChI=1S/C8H19N2/c1-5-8-6-10(3,4)7-9(8)2/h8H,5-7H2,1-4H3/q+1. The second-order valence-corrected chi connectivity index (χ2v) is 4.08. The molecule has 2 heteroatoms. The van der Waals surface area contributed by atoms with E-state index in [1.54, 1.807) is 0 Å². The summed E-state index contributed by atoms with van der Waals surface area (Å²) in [6.07, 6.45) is 1.29. The first-order valence-corrected chi connectivity index (χ1v) is 4.07. The number of hydrogen-bond donors (Lipinski definition) is 0. The summed E-state index contributed by atoms with van der Waals surface area (Å²) in [5.74, 6) is 0. The van der Waals surface area contributed by atoms with E-state index in [2.05, 4.69) is 33.0 Å². The first-order chi connectivity index (χ1) is 4.55. The van der Waals surface area contributed by atoms with Crippen LogP contribution in [0.3, 0.4) is 0 Å². The van der Waals surface area contributed by atoms with Crippen molar-refractivity contribution in [1.82, 2.24) is 4.90 Å². The van der Waals surface area contributed by atoms with Crippen molar-refractivity contribution in [1.29, 1.82) is 0 Å². The summed E-state index contributed by atoms with van der Waals surface area (Å²) < 4.78 is 1.16. The van der Waals surface area contributed by atoms with Crippen molar-refractivity contribution in [2.75, 3.05) is 34.4 Å². The summed E-state index contributed by atoms with van der Waals surface area (Å²) in [5, 5.41) is 0. The molecule has 60 valence electrons. The minimum atomic E-state index is 0.815. The zero-order valence-corrected chi connectivity index (χ0v) is 7.59. The van der Waals surface area contributed by atoms with Crippen molar-refractivity contribution in [2.24, 2.45) is 0 Å². The minimum Gasteiger partial charge on any atom is -0.315 e. The molecule has 0 aromatic rings. The fourth-order valence-corrected chi connectivity index (χ4v) is 1.93. The Morgan fingerprint density at radius 2 is 2.10 bits per heavy atom. The van der Waals surface area contributed by atoms with Gasteiger partial charge in [-0.1, -0.05) is 6.92 Å². The molecule has 1 unspecified atom stereocenters. The number of quaternary nitrogens is 1. The van der Waals surface area contributed by atoms with Gasteiger partial charge in [0.2, 0.25) is 0 Å². The second kappa shape index (κ2) is 2.51. The smallest absolute Gasteiger partial charge is 0.134 e. The molecule has 10 heavy (non-hydrogen) atoms. The van der Waals surface area contributed by atoms with Crippen molar-refractivity contribution in [3.63, 3.8) is 0 Å². The highest BCUT2D eigenvalue weighted by molar-refractivity contribution is 4.69. The van der Waals surface area contributed by atoms with Gasteiger partial charge in [-0.3, -0.25) is 4.90 Å². The quantitative estimate of drug-likeness (QED) is 0.489. The molecule has 0 radical (unpaired) electrons. The van der Waals surface area contributed by atoms with E-state index in [0.717, 1.165) is 10.5 Å². The molecule has 0 amide bonds. The highest BCUT2D eigenvalue weighted by Crippen LogP contribution is 2.16. The molecule has 1 fully saturated rings. The third-order valence-corrected chi connectivity index (χ3v) is 2.41. The first-order valence-electron chi connectivity index (χ1n) is 4.07. The van der Waals surface area contributed by atoms with Crippen LogP contribution in [0.25, 0.3) is 0 Å². The minimum absolute atomic E-state index is 0.815. The Morgan fingerprint density at radius 3 is 2.30 bits per heavy atom. The Bertz CT molecular complexity index is 120. The van der Waals surface area contributed by atoms with Gasteiger partial charge in [-0.15, -0.1) is 0 Å². The summed E-state index contributed by atoms with van der Waals surface area (Å²) in [5.41, 5.74) is 0. The van der Waals surface area contributed by atoms with Crippen LogP contribution >= 0.6 is 0 Å².